The molecule has 5 rings (SSSR count). The van der Waals surface area contributed by atoms with Crippen molar-refractivity contribution in [1.29, 1.82) is 0 Å². The summed E-state index contributed by atoms with van der Waals surface area (Å²) >= 11 is 13.6. The predicted octanol–water partition coefficient (Wildman–Crippen LogP) is 6.85. The zero-order chi connectivity index (χ0) is 24.1. The molecule has 1 N–H and O–H groups in total. The van der Waals surface area contributed by atoms with Crippen LogP contribution in [-0.4, -0.2) is 21.8 Å². The Bertz CT molecular complexity index is 1510. The number of hydrogen-bond acceptors (Lipinski definition) is 5. The van der Waals surface area contributed by atoms with Crippen LogP contribution in [0.3, 0.4) is 0 Å². The standard InChI is InChI=1S/C26H18Cl2N2O3S/c1-13-10-14(2)21-19(11-13)34-26(29-21)30-22(16-4-3-5-18(28)12-16)20(24(32)25(30)33)23(31)15-6-8-17(27)9-7-15/h3-12,22,31H,1-2H3. The fourth-order valence-corrected chi connectivity index (χ4v) is 5.74. The molecule has 1 amide bonds. The molecule has 2 heterocycles. The Morgan fingerprint density at radius 2 is 1.74 bits per heavy atom. The van der Waals surface area contributed by atoms with E-state index in [4.69, 9.17) is 28.2 Å². The number of Topliss-reactive ketones (excluding diaryl/α,β-unsaturated/α-hetero) is 1. The molecule has 8 heteroatoms. The number of hydrogen-bond donors (Lipinski definition) is 1. The van der Waals surface area contributed by atoms with Crippen molar-refractivity contribution < 1.29 is 14.7 Å². The topological polar surface area (TPSA) is 70.5 Å². The largest absolute Gasteiger partial charge is 0.507 e. The lowest BCUT2D eigenvalue weighted by atomic mass is 9.95. The van der Waals surface area contributed by atoms with Crippen LogP contribution in [0, 0.1) is 13.8 Å². The average Bonchev–Trinajstić information content (AvgIpc) is 3.33. The van der Waals surface area contributed by atoms with Gasteiger partial charge in [0.1, 0.15) is 5.76 Å². The summed E-state index contributed by atoms with van der Waals surface area (Å²) in [5, 5.41) is 12.5. The Morgan fingerprint density at radius 3 is 2.44 bits per heavy atom. The molecule has 0 bridgehead atoms. The molecule has 3 aromatic carbocycles. The van der Waals surface area contributed by atoms with Crippen LogP contribution < -0.4 is 4.90 Å². The second-order valence-electron chi connectivity index (χ2n) is 8.16. The normalized spacial score (nSPS) is 17.6. The second kappa shape index (κ2) is 8.55. The number of aryl methyl sites for hydroxylation is 2. The number of aliphatic hydroxyl groups excluding tert-OH is 1. The number of fused-ring (bicyclic) bond motifs is 1. The van der Waals surface area contributed by atoms with Crippen molar-refractivity contribution >= 4 is 67.3 Å². The highest BCUT2D eigenvalue weighted by Crippen LogP contribution is 2.45. The molecule has 34 heavy (non-hydrogen) atoms. The van der Waals surface area contributed by atoms with E-state index in [0.29, 0.717) is 26.3 Å². The minimum absolute atomic E-state index is 0.0262. The summed E-state index contributed by atoms with van der Waals surface area (Å²) in [5.74, 6) is -1.82. The van der Waals surface area contributed by atoms with Gasteiger partial charge in [-0.2, -0.15) is 0 Å². The molecule has 0 radical (unpaired) electrons. The van der Waals surface area contributed by atoms with E-state index in [9.17, 15) is 14.7 Å². The van der Waals surface area contributed by atoms with E-state index in [2.05, 4.69) is 0 Å². The highest BCUT2D eigenvalue weighted by Gasteiger charge is 2.48. The molecule has 0 spiro atoms. The van der Waals surface area contributed by atoms with Crippen LogP contribution in [0.5, 0.6) is 0 Å². The Labute approximate surface area is 209 Å². The highest BCUT2D eigenvalue weighted by molar-refractivity contribution is 7.22. The first kappa shape index (κ1) is 22.6. The summed E-state index contributed by atoms with van der Waals surface area (Å²) in [4.78, 5) is 32.7. The van der Waals surface area contributed by atoms with E-state index >= 15 is 0 Å². The fraction of sp³-hybridized carbons (Fsp3) is 0.115. The summed E-state index contributed by atoms with van der Waals surface area (Å²) < 4.78 is 0.914. The minimum Gasteiger partial charge on any atom is -0.507 e. The Morgan fingerprint density at radius 1 is 1.00 bits per heavy atom. The van der Waals surface area contributed by atoms with Gasteiger partial charge in [0.15, 0.2) is 5.13 Å². The van der Waals surface area contributed by atoms with Gasteiger partial charge in [0, 0.05) is 15.6 Å². The summed E-state index contributed by atoms with van der Waals surface area (Å²) in [6, 6.07) is 16.5. The van der Waals surface area contributed by atoms with E-state index in [1.165, 1.54) is 16.2 Å². The number of carbonyl (C=O) groups excluding carboxylic acids is 2. The molecule has 0 aliphatic carbocycles. The third kappa shape index (κ3) is 3.78. The number of rotatable bonds is 3. The number of ketones is 1. The van der Waals surface area contributed by atoms with Crippen molar-refractivity contribution in [1.82, 2.24) is 4.98 Å². The van der Waals surface area contributed by atoms with Gasteiger partial charge >= 0.3 is 5.91 Å². The van der Waals surface area contributed by atoms with E-state index in [1.807, 2.05) is 26.0 Å². The predicted molar refractivity (Wildman–Crippen MR) is 137 cm³/mol. The summed E-state index contributed by atoms with van der Waals surface area (Å²) in [5.41, 5.74) is 3.78. The first-order valence-electron chi connectivity index (χ1n) is 10.4. The molecule has 1 unspecified atom stereocenters. The third-order valence-corrected chi connectivity index (χ3v) is 7.24. The second-order valence-corrected chi connectivity index (χ2v) is 10.0. The van der Waals surface area contributed by atoms with Crippen molar-refractivity contribution in [3.05, 3.63) is 98.5 Å². The van der Waals surface area contributed by atoms with Crippen LogP contribution in [0.25, 0.3) is 16.0 Å². The fourth-order valence-electron chi connectivity index (χ4n) is 4.25. The molecule has 1 aliphatic rings. The van der Waals surface area contributed by atoms with Gasteiger partial charge in [-0.15, -0.1) is 0 Å². The van der Waals surface area contributed by atoms with E-state index in [-0.39, 0.29) is 11.3 Å². The summed E-state index contributed by atoms with van der Waals surface area (Å²) in [7, 11) is 0. The number of benzene rings is 3. The number of carbonyl (C=O) groups is 2. The molecule has 1 aliphatic heterocycles. The van der Waals surface area contributed by atoms with E-state index < -0.39 is 17.7 Å². The number of thiazole rings is 1. The number of amides is 1. The Hall–Kier alpha value is -3.19. The Balaban J connectivity index is 1.75. The number of halogens is 2. The zero-order valence-electron chi connectivity index (χ0n) is 18.2. The van der Waals surface area contributed by atoms with Gasteiger partial charge in [-0.1, -0.05) is 52.7 Å². The van der Waals surface area contributed by atoms with Gasteiger partial charge in [0.2, 0.25) is 0 Å². The van der Waals surface area contributed by atoms with Crippen LogP contribution in [0.15, 0.2) is 66.2 Å². The first-order chi connectivity index (χ1) is 16.2. The van der Waals surface area contributed by atoms with Gasteiger partial charge in [-0.3, -0.25) is 14.5 Å². The molecule has 0 saturated carbocycles. The molecule has 1 atom stereocenters. The number of nitrogens with zero attached hydrogens (tertiary/aromatic N) is 2. The number of anilines is 1. The van der Waals surface area contributed by atoms with E-state index in [1.54, 1.807) is 48.5 Å². The minimum atomic E-state index is -0.892. The smallest absolute Gasteiger partial charge is 0.301 e. The maximum atomic E-state index is 13.3. The molecule has 170 valence electrons. The maximum absolute atomic E-state index is 13.3. The lowest BCUT2D eigenvalue weighted by molar-refractivity contribution is -0.132. The van der Waals surface area contributed by atoms with Gasteiger partial charge in [0.05, 0.1) is 21.8 Å². The van der Waals surface area contributed by atoms with Crippen molar-refractivity contribution in [3.63, 3.8) is 0 Å². The molecule has 1 fully saturated rings. The van der Waals surface area contributed by atoms with Crippen molar-refractivity contribution in [2.45, 2.75) is 19.9 Å². The summed E-state index contributed by atoms with van der Waals surface area (Å²) in [6.07, 6.45) is 0. The van der Waals surface area contributed by atoms with Crippen LogP contribution in [0.1, 0.15) is 28.3 Å². The third-order valence-electron chi connectivity index (χ3n) is 5.75. The van der Waals surface area contributed by atoms with Gasteiger partial charge in [-0.05, 0) is 73.0 Å². The van der Waals surface area contributed by atoms with Gasteiger partial charge in [-0.25, -0.2) is 4.98 Å². The SMILES string of the molecule is Cc1cc(C)c2nc(N3C(=O)C(=O)C(=C(O)c4ccc(Cl)cc4)C3c3cccc(Cl)c3)sc2c1. The molecular formula is C26H18Cl2N2O3S. The lowest BCUT2D eigenvalue weighted by Crippen LogP contribution is -2.29. The van der Waals surface area contributed by atoms with Crippen molar-refractivity contribution in [3.8, 4) is 0 Å². The Kier molecular flexibility index (Phi) is 5.68. The van der Waals surface area contributed by atoms with Crippen LogP contribution in [-0.2, 0) is 9.59 Å². The van der Waals surface area contributed by atoms with Gasteiger partial charge < -0.3 is 5.11 Å². The summed E-state index contributed by atoms with van der Waals surface area (Å²) in [6.45, 7) is 3.96. The van der Waals surface area contributed by atoms with Crippen LogP contribution in [0.2, 0.25) is 10.0 Å². The maximum Gasteiger partial charge on any atom is 0.301 e. The molecular weight excluding hydrogens is 491 g/mol. The molecule has 1 saturated heterocycles. The highest BCUT2D eigenvalue weighted by atomic mass is 35.5. The van der Waals surface area contributed by atoms with E-state index in [0.717, 1.165) is 21.3 Å². The number of aromatic nitrogens is 1. The quantitative estimate of drug-likeness (QED) is 0.186. The van der Waals surface area contributed by atoms with Crippen molar-refractivity contribution in [2.75, 3.05) is 4.90 Å². The van der Waals surface area contributed by atoms with Gasteiger partial charge in [0.25, 0.3) is 5.78 Å². The first-order valence-corrected chi connectivity index (χ1v) is 12.0. The lowest BCUT2D eigenvalue weighted by Gasteiger charge is -2.23. The monoisotopic (exact) mass is 508 g/mol. The average molecular weight is 509 g/mol. The van der Waals surface area contributed by atoms with Crippen LogP contribution in [0.4, 0.5) is 5.13 Å². The van der Waals surface area contributed by atoms with Crippen LogP contribution >= 0.6 is 34.5 Å². The number of aliphatic hydroxyl groups is 1. The molecule has 4 aromatic rings. The van der Waals surface area contributed by atoms with Crippen molar-refractivity contribution in [2.24, 2.45) is 0 Å². The molecule has 1 aromatic heterocycles. The zero-order valence-corrected chi connectivity index (χ0v) is 20.5. The molecule has 5 nitrogen and oxygen atoms in total.